The van der Waals surface area contributed by atoms with Crippen molar-refractivity contribution >= 4 is 38.4 Å². The third kappa shape index (κ3) is 2.12. The summed E-state index contributed by atoms with van der Waals surface area (Å²) in [6.45, 7) is 2.55. The standard InChI is InChI=1S/C14H14N2O2S2/c17-9-1-2-10-11(7-9)19-13(16-10)12-15-8-14(20-12)3-5-18-6-4-14/h1-2,7,17H,3-6,8H2. The Balaban J connectivity index is 1.63. The van der Waals surface area contributed by atoms with E-state index in [1.807, 2.05) is 17.8 Å². The summed E-state index contributed by atoms with van der Waals surface area (Å²) in [6, 6.07) is 5.30. The van der Waals surface area contributed by atoms with E-state index in [1.165, 1.54) is 0 Å². The quantitative estimate of drug-likeness (QED) is 0.880. The molecular weight excluding hydrogens is 292 g/mol. The van der Waals surface area contributed by atoms with Crippen molar-refractivity contribution in [3.8, 4) is 5.75 Å². The lowest BCUT2D eigenvalue weighted by atomic mass is 9.99. The minimum atomic E-state index is 0.230. The molecule has 0 unspecified atom stereocenters. The van der Waals surface area contributed by atoms with Crippen LogP contribution in [-0.4, -0.2) is 39.6 Å². The molecule has 0 bridgehead atoms. The van der Waals surface area contributed by atoms with Crippen LogP contribution in [0.2, 0.25) is 0 Å². The number of ether oxygens (including phenoxy) is 1. The molecule has 1 aromatic heterocycles. The number of hydrogen-bond acceptors (Lipinski definition) is 6. The molecule has 1 aromatic carbocycles. The fraction of sp³-hybridized carbons (Fsp3) is 0.429. The largest absolute Gasteiger partial charge is 0.508 e. The molecule has 0 amide bonds. The summed E-state index contributed by atoms with van der Waals surface area (Å²) in [4.78, 5) is 9.35. The number of hydrogen-bond donors (Lipinski definition) is 1. The summed E-state index contributed by atoms with van der Waals surface area (Å²) in [6.07, 6.45) is 2.13. The van der Waals surface area contributed by atoms with Gasteiger partial charge in [-0.3, -0.25) is 4.99 Å². The minimum absolute atomic E-state index is 0.230. The number of phenolic OH excluding ortho intramolecular Hbond substituents is 1. The summed E-state index contributed by atoms with van der Waals surface area (Å²) < 4.78 is 6.69. The second-order valence-corrected chi connectivity index (χ2v) is 7.68. The Labute approximate surface area is 124 Å². The molecule has 1 N–H and O–H groups in total. The van der Waals surface area contributed by atoms with Crippen LogP contribution in [0.25, 0.3) is 10.2 Å². The van der Waals surface area contributed by atoms with E-state index < -0.39 is 0 Å². The number of fused-ring (bicyclic) bond motifs is 1. The highest BCUT2D eigenvalue weighted by atomic mass is 32.2. The summed E-state index contributed by atoms with van der Waals surface area (Å²) >= 11 is 3.46. The van der Waals surface area contributed by atoms with Crippen LogP contribution in [-0.2, 0) is 4.74 Å². The van der Waals surface area contributed by atoms with Crippen LogP contribution in [0, 0.1) is 0 Å². The van der Waals surface area contributed by atoms with Crippen molar-refractivity contribution in [2.24, 2.45) is 4.99 Å². The highest BCUT2D eigenvalue weighted by Gasteiger charge is 2.39. The summed E-state index contributed by atoms with van der Waals surface area (Å²) in [5, 5.41) is 11.6. The topological polar surface area (TPSA) is 54.7 Å². The summed E-state index contributed by atoms with van der Waals surface area (Å²) in [5.41, 5.74) is 0.930. The lowest BCUT2D eigenvalue weighted by molar-refractivity contribution is 0.0801. The van der Waals surface area contributed by atoms with Crippen LogP contribution in [0.4, 0.5) is 0 Å². The number of aliphatic imine (C=N–C) groups is 1. The van der Waals surface area contributed by atoms with Crippen LogP contribution >= 0.6 is 23.1 Å². The van der Waals surface area contributed by atoms with E-state index >= 15 is 0 Å². The van der Waals surface area contributed by atoms with Crippen molar-refractivity contribution in [3.63, 3.8) is 0 Å². The van der Waals surface area contributed by atoms with Gasteiger partial charge in [0, 0.05) is 18.0 Å². The van der Waals surface area contributed by atoms with E-state index in [1.54, 1.807) is 23.5 Å². The fourth-order valence-electron chi connectivity index (χ4n) is 2.61. The molecule has 0 saturated carbocycles. The molecule has 0 atom stereocenters. The van der Waals surface area contributed by atoms with E-state index in [-0.39, 0.29) is 10.5 Å². The Hall–Kier alpha value is -1.11. The predicted octanol–water partition coefficient (Wildman–Crippen LogP) is 3.04. The van der Waals surface area contributed by atoms with Crippen molar-refractivity contribution in [2.45, 2.75) is 17.6 Å². The highest BCUT2D eigenvalue weighted by Crippen LogP contribution is 2.43. The van der Waals surface area contributed by atoms with Crippen molar-refractivity contribution in [3.05, 3.63) is 23.2 Å². The molecule has 2 aromatic rings. The van der Waals surface area contributed by atoms with Gasteiger partial charge >= 0.3 is 0 Å². The Morgan fingerprint density at radius 1 is 1.25 bits per heavy atom. The zero-order valence-electron chi connectivity index (χ0n) is 10.8. The average molecular weight is 306 g/mol. The zero-order valence-corrected chi connectivity index (χ0v) is 12.5. The molecule has 1 saturated heterocycles. The van der Waals surface area contributed by atoms with Gasteiger partial charge in [-0.15, -0.1) is 11.3 Å². The molecular formula is C14H14N2O2S2. The maximum atomic E-state index is 9.53. The Morgan fingerprint density at radius 2 is 2.10 bits per heavy atom. The summed E-state index contributed by atoms with van der Waals surface area (Å²) in [7, 11) is 0. The number of benzene rings is 1. The molecule has 1 spiro atoms. The van der Waals surface area contributed by atoms with Gasteiger partial charge in [0.2, 0.25) is 0 Å². The van der Waals surface area contributed by atoms with Gasteiger partial charge in [0.1, 0.15) is 15.8 Å². The van der Waals surface area contributed by atoms with Gasteiger partial charge < -0.3 is 9.84 Å². The average Bonchev–Trinajstić information content (AvgIpc) is 3.04. The monoisotopic (exact) mass is 306 g/mol. The van der Waals surface area contributed by atoms with Crippen molar-refractivity contribution in [1.82, 2.24) is 4.98 Å². The molecule has 4 rings (SSSR count). The third-order valence-corrected chi connectivity index (χ3v) is 6.42. The molecule has 0 aliphatic carbocycles. The molecule has 6 heteroatoms. The van der Waals surface area contributed by atoms with Gasteiger partial charge in [0.25, 0.3) is 0 Å². The first-order valence-corrected chi connectivity index (χ1v) is 8.29. The third-order valence-electron chi connectivity index (χ3n) is 3.78. The molecule has 104 valence electrons. The molecule has 2 aliphatic heterocycles. The first kappa shape index (κ1) is 12.6. The molecule has 0 radical (unpaired) electrons. The predicted molar refractivity (Wildman–Crippen MR) is 83.1 cm³/mol. The van der Waals surface area contributed by atoms with E-state index in [0.29, 0.717) is 0 Å². The van der Waals surface area contributed by atoms with E-state index in [2.05, 4.69) is 4.98 Å². The van der Waals surface area contributed by atoms with Crippen molar-refractivity contribution in [1.29, 1.82) is 0 Å². The number of phenols is 1. The van der Waals surface area contributed by atoms with Crippen LogP contribution in [0.15, 0.2) is 23.2 Å². The number of aromatic nitrogens is 1. The first-order valence-electron chi connectivity index (χ1n) is 6.65. The van der Waals surface area contributed by atoms with Gasteiger partial charge in [-0.2, -0.15) is 0 Å². The van der Waals surface area contributed by atoms with Gasteiger partial charge in [-0.25, -0.2) is 4.98 Å². The Kier molecular flexibility index (Phi) is 2.98. The van der Waals surface area contributed by atoms with Gasteiger partial charge in [-0.1, -0.05) is 11.8 Å². The van der Waals surface area contributed by atoms with Crippen molar-refractivity contribution in [2.75, 3.05) is 19.8 Å². The van der Waals surface area contributed by atoms with Gasteiger partial charge in [0.05, 0.1) is 16.8 Å². The number of rotatable bonds is 1. The molecule has 20 heavy (non-hydrogen) atoms. The first-order chi connectivity index (χ1) is 9.74. The lowest BCUT2D eigenvalue weighted by Crippen LogP contribution is -2.34. The number of nitrogens with zero attached hydrogens (tertiary/aromatic N) is 2. The van der Waals surface area contributed by atoms with Crippen LogP contribution in [0.3, 0.4) is 0 Å². The zero-order chi connectivity index (χ0) is 13.6. The second-order valence-electron chi connectivity index (χ2n) is 5.19. The molecule has 3 heterocycles. The van der Waals surface area contributed by atoms with E-state index in [0.717, 1.165) is 52.9 Å². The maximum Gasteiger partial charge on any atom is 0.149 e. The Morgan fingerprint density at radius 3 is 2.95 bits per heavy atom. The lowest BCUT2D eigenvalue weighted by Gasteiger charge is -2.31. The second kappa shape index (κ2) is 4.72. The SMILES string of the molecule is Oc1ccc2nc(C3=NCC4(CCOCC4)S3)sc2c1. The van der Waals surface area contributed by atoms with E-state index in [4.69, 9.17) is 9.73 Å². The summed E-state index contributed by atoms with van der Waals surface area (Å²) in [5.74, 6) is 0.287. The fourth-order valence-corrected chi connectivity index (χ4v) is 4.93. The van der Waals surface area contributed by atoms with Crippen LogP contribution in [0.1, 0.15) is 17.8 Å². The number of aromatic hydroxyl groups is 1. The van der Waals surface area contributed by atoms with E-state index in [9.17, 15) is 5.11 Å². The van der Waals surface area contributed by atoms with Crippen LogP contribution in [0.5, 0.6) is 5.75 Å². The van der Waals surface area contributed by atoms with Gasteiger partial charge in [-0.05, 0) is 31.0 Å². The molecule has 1 fully saturated rings. The van der Waals surface area contributed by atoms with Gasteiger partial charge in [0.15, 0.2) is 0 Å². The number of thioether (sulfide) groups is 1. The van der Waals surface area contributed by atoms with Crippen LogP contribution < -0.4 is 0 Å². The highest BCUT2D eigenvalue weighted by molar-refractivity contribution is 8.16. The normalized spacial score (nSPS) is 21.5. The smallest absolute Gasteiger partial charge is 0.149 e. The van der Waals surface area contributed by atoms with Crippen molar-refractivity contribution < 1.29 is 9.84 Å². The Bertz CT molecular complexity index is 690. The number of thiazole rings is 1. The molecule has 4 nitrogen and oxygen atoms in total. The molecule has 2 aliphatic rings. The minimum Gasteiger partial charge on any atom is -0.508 e. The maximum absolute atomic E-state index is 9.53.